The Bertz CT molecular complexity index is 483. The fraction of sp³-hybridized carbons (Fsp3) is 0.455. The maximum absolute atomic E-state index is 12.1. The van der Waals surface area contributed by atoms with E-state index in [1.165, 1.54) is 0 Å². The Kier molecular flexibility index (Phi) is 4.19. The quantitative estimate of drug-likeness (QED) is 0.910. The van der Waals surface area contributed by atoms with Crippen molar-refractivity contribution < 1.29 is 13.2 Å². The van der Waals surface area contributed by atoms with Gasteiger partial charge in [-0.3, -0.25) is 0 Å². The highest BCUT2D eigenvalue weighted by atomic mass is 79.9. The number of hydrogen-bond donors (Lipinski definition) is 1. The summed E-state index contributed by atoms with van der Waals surface area (Å²) in [5, 5.41) is 3.12. The first kappa shape index (κ1) is 13.0. The summed E-state index contributed by atoms with van der Waals surface area (Å²) >= 11 is 3.27. The second-order valence-corrected chi connectivity index (χ2v) is 6.89. The highest BCUT2D eigenvalue weighted by Crippen LogP contribution is 2.18. The van der Waals surface area contributed by atoms with Gasteiger partial charge in [0.05, 0.1) is 23.4 Å². The summed E-state index contributed by atoms with van der Waals surface area (Å²) in [6, 6.07) is 6.75. The third-order valence-corrected chi connectivity index (χ3v) is 4.84. The van der Waals surface area contributed by atoms with Gasteiger partial charge in [0, 0.05) is 17.6 Å². The Morgan fingerprint density at radius 1 is 1.47 bits per heavy atom. The van der Waals surface area contributed by atoms with Crippen molar-refractivity contribution in [2.24, 2.45) is 0 Å². The van der Waals surface area contributed by atoms with E-state index in [2.05, 4.69) is 21.2 Å². The van der Waals surface area contributed by atoms with Crippen molar-refractivity contribution in [1.29, 1.82) is 0 Å². The summed E-state index contributed by atoms with van der Waals surface area (Å²) in [7, 11) is -3.28. The number of nitrogens with one attached hydrogen (secondary N) is 1. The summed E-state index contributed by atoms with van der Waals surface area (Å²) in [5.41, 5.74) is 0. The zero-order valence-electron chi connectivity index (χ0n) is 9.23. The smallest absolute Gasteiger partial charge is 0.181 e. The molecule has 1 aliphatic heterocycles. The van der Waals surface area contributed by atoms with E-state index in [4.69, 9.17) is 4.74 Å². The van der Waals surface area contributed by atoms with E-state index < -0.39 is 9.84 Å². The second-order valence-electron chi connectivity index (χ2n) is 3.94. The highest BCUT2D eigenvalue weighted by molar-refractivity contribution is 9.10. The van der Waals surface area contributed by atoms with Gasteiger partial charge >= 0.3 is 0 Å². The molecule has 0 saturated carbocycles. The standard InChI is InChI=1S/C11H14BrNO3S/c12-9-2-1-3-11(6-9)17(14,15)8-10-7-13-4-5-16-10/h1-3,6,10,13H,4-5,7-8H2. The summed E-state index contributed by atoms with van der Waals surface area (Å²) < 4.78 is 30.4. The van der Waals surface area contributed by atoms with Crippen molar-refractivity contribution in [3.05, 3.63) is 28.7 Å². The zero-order chi connectivity index (χ0) is 12.3. The molecule has 1 heterocycles. The lowest BCUT2D eigenvalue weighted by molar-refractivity contribution is 0.0430. The minimum absolute atomic E-state index is 0.0243. The van der Waals surface area contributed by atoms with Crippen LogP contribution in [0.15, 0.2) is 33.6 Å². The van der Waals surface area contributed by atoms with Crippen LogP contribution in [0.3, 0.4) is 0 Å². The topological polar surface area (TPSA) is 55.4 Å². The minimum Gasteiger partial charge on any atom is -0.375 e. The van der Waals surface area contributed by atoms with Crippen molar-refractivity contribution in [2.45, 2.75) is 11.0 Å². The predicted octanol–water partition coefficient (Wildman–Crippen LogP) is 1.21. The lowest BCUT2D eigenvalue weighted by Crippen LogP contribution is -2.42. The van der Waals surface area contributed by atoms with Gasteiger partial charge in [0.15, 0.2) is 9.84 Å². The number of halogens is 1. The van der Waals surface area contributed by atoms with E-state index >= 15 is 0 Å². The molecule has 17 heavy (non-hydrogen) atoms. The monoisotopic (exact) mass is 319 g/mol. The van der Waals surface area contributed by atoms with Crippen LogP contribution in [0.4, 0.5) is 0 Å². The molecule has 1 unspecified atom stereocenters. The van der Waals surface area contributed by atoms with Gasteiger partial charge in [-0.25, -0.2) is 8.42 Å². The maximum Gasteiger partial charge on any atom is 0.181 e. The molecular formula is C11H14BrNO3S. The molecule has 0 amide bonds. The molecule has 1 atom stereocenters. The molecule has 1 aromatic carbocycles. The molecule has 1 saturated heterocycles. The third-order valence-electron chi connectivity index (χ3n) is 2.56. The molecule has 0 aliphatic carbocycles. The van der Waals surface area contributed by atoms with Gasteiger partial charge in [-0.2, -0.15) is 0 Å². The molecule has 0 bridgehead atoms. The predicted molar refractivity (Wildman–Crippen MR) is 68.8 cm³/mol. The summed E-state index contributed by atoms with van der Waals surface area (Å²) in [5.74, 6) is 0.0243. The van der Waals surface area contributed by atoms with Crippen LogP contribution in [0.5, 0.6) is 0 Å². The highest BCUT2D eigenvalue weighted by Gasteiger charge is 2.23. The molecule has 94 valence electrons. The van der Waals surface area contributed by atoms with Crippen molar-refractivity contribution >= 4 is 25.8 Å². The fourth-order valence-electron chi connectivity index (χ4n) is 1.73. The van der Waals surface area contributed by atoms with Crippen LogP contribution in [0.2, 0.25) is 0 Å². The Balaban J connectivity index is 2.13. The molecule has 6 heteroatoms. The van der Waals surface area contributed by atoms with Crippen LogP contribution in [0, 0.1) is 0 Å². The van der Waals surface area contributed by atoms with Crippen molar-refractivity contribution in [1.82, 2.24) is 5.32 Å². The van der Waals surface area contributed by atoms with E-state index in [9.17, 15) is 8.42 Å². The van der Waals surface area contributed by atoms with Gasteiger partial charge in [0.25, 0.3) is 0 Å². The number of morpholine rings is 1. The molecule has 4 nitrogen and oxygen atoms in total. The summed E-state index contributed by atoms with van der Waals surface area (Å²) in [6.45, 7) is 1.94. The van der Waals surface area contributed by atoms with Gasteiger partial charge in [0.1, 0.15) is 0 Å². The molecule has 0 spiro atoms. The van der Waals surface area contributed by atoms with Crippen LogP contribution in [-0.2, 0) is 14.6 Å². The first-order chi connectivity index (χ1) is 8.08. The number of rotatable bonds is 3. The van der Waals surface area contributed by atoms with Crippen LogP contribution in [0.25, 0.3) is 0 Å². The SMILES string of the molecule is O=S(=O)(CC1CNCCO1)c1cccc(Br)c1. The van der Waals surface area contributed by atoms with Gasteiger partial charge in [0.2, 0.25) is 0 Å². The molecule has 1 aliphatic rings. The Hall–Kier alpha value is -0.430. The first-order valence-electron chi connectivity index (χ1n) is 5.38. The molecule has 1 N–H and O–H groups in total. The second kappa shape index (κ2) is 5.48. The zero-order valence-corrected chi connectivity index (χ0v) is 11.6. The Morgan fingerprint density at radius 2 is 2.29 bits per heavy atom. The fourth-order valence-corrected chi connectivity index (χ4v) is 3.77. The molecule has 1 fully saturated rings. The molecule has 0 radical (unpaired) electrons. The van der Waals surface area contributed by atoms with Gasteiger partial charge in [-0.1, -0.05) is 22.0 Å². The van der Waals surface area contributed by atoms with E-state index in [-0.39, 0.29) is 11.9 Å². The van der Waals surface area contributed by atoms with Gasteiger partial charge in [-0.05, 0) is 18.2 Å². The van der Waals surface area contributed by atoms with Crippen LogP contribution >= 0.6 is 15.9 Å². The van der Waals surface area contributed by atoms with Gasteiger partial charge in [-0.15, -0.1) is 0 Å². The Morgan fingerprint density at radius 3 is 2.94 bits per heavy atom. The van der Waals surface area contributed by atoms with Gasteiger partial charge < -0.3 is 10.1 Å². The molecular weight excluding hydrogens is 306 g/mol. The van der Waals surface area contributed by atoms with Crippen molar-refractivity contribution in [3.63, 3.8) is 0 Å². The molecule has 1 aromatic rings. The van der Waals surface area contributed by atoms with Crippen LogP contribution < -0.4 is 5.32 Å². The number of benzene rings is 1. The van der Waals surface area contributed by atoms with E-state index in [1.807, 2.05) is 0 Å². The average molecular weight is 320 g/mol. The number of hydrogen-bond acceptors (Lipinski definition) is 4. The molecule has 2 rings (SSSR count). The minimum atomic E-state index is -3.28. The Labute approximate surface area is 109 Å². The lowest BCUT2D eigenvalue weighted by Gasteiger charge is -2.23. The lowest BCUT2D eigenvalue weighted by atomic mass is 10.3. The number of sulfone groups is 1. The summed E-state index contributed by atoms with van der Waals surface area (Å²) in [6.07, 6.45) is -0.257. The van der Waals surface area contributed by atoms with Crippen LogP contribution in [-0.4, -0.2) is 40.0 Å². The maximum atomic E-state index is 12.1. The normalized spacial score (nSPS) is 21.4. The van der Waals surface area contributed by atoms with E-state index in [0.29, 0.717) is 18.0 Å². The number of ether oxygens (including phenoxy) is 1. The summed E-state index contributed by atoms with van der Waals surface area (Å²) in [4.78, 5) is 0.334. The van der Waals surface area contributed by atoms with Crippen LogP contribution in [0.1, 0.15) is 0 Å². The van der Waals surface area contributed by atoms with E-state index in [0.717, 1.165) is 11.0 Å². The molecule has 0 aromatic heterocycles. The largest absolute Gasteiger partial charge is 0.375 e. The van der Waals surface area contributed by atoms with E-state index in [1.54, 1.807) is 24.3 Å². The van der Waals surface area contributed by atoms with Crippen molar-refractivity contribution in [3.8, 4) is 0 Å². The van der Waals surface area contributed by atoms with Crippen molar-refractivity contribution in [2.75, 3.05) is 25.4 Å². The third kappa shape index (κ3) is 3.51. The first-order valence-corrected chi connectivity index (χ1v) is 7.83. The average Bonchev–Trinajstić information content (AvgIpc) is 2.30.